The lowest BCUT2D eigenvalue weighted by atomic mass is 9.68. The topological polar surface area (TPSA) is 61.5 Å². The molecule has 84 valence electrons. The molecule has 0 aliphatic carbocycles. The van der Waals surface area contributed by atoms with Crippen molar-refractivity contribution < 1.29 is 14.3 Å². The molecule has 1 fully saturated rings. The molecule has 0 saturated carbocycles. The van der Waals surface area contributed by atoms with Crippen molar-refractivity contribution in [3.63, 3.8) is 0 Å². The first-order chi connectivity index (χ1) is 6.85. The van der Waals surface area contributed by atoms with Crippen molar-refractivity contribution >= 4 is 13.8 Å². The maximum absolute atomic E-state index is 10.8. The van der Waals surface area contributed by atoms with Gasteiger partial charge in [-0.15, -0.1) is 0 Å². The molecule has 0 amide bonds. The number of nitrogens with two attached hydrogens (primary N) is 1. The van der Waals surface area contributed by atoms with Crippen molar-refractivity contribution in [1.82, 2.24) is 0 Å². The van der Waals surface area contributed by atoms with Gasteiger partial charge in [0.25, 0.3) is 0 Å². The zero-order valence-corrected chi connectivity index (χ0v) is 9.53. The van der Waals surface area contributed by atoms with Crippen LogP contribution in [-0.2, 0) is 14.3 Å². The molecule has 2 N–H and O–H groups in total. The van der Waals surface area contributed by atoms with Crippen LogP contribution in [0, 0.1) is 5.92 Å². The van der Waals surface area contributed by atoms with Gasteiger partial charge in [0.1, 0.15) is 7.85 Å². The van der Waals surface area contributed by atoms with Crippen LogP contribution in [0.2, 0.25) is 0 Å². The molecule has 2 radical (unpaired) electrons. The van der Waals surface area contributed by atoms with Gasteiger partial charge >= 0.3 is 5.97 Å². The van der Waals surface area contributed by atoms with Crippen molar-refractivity contribution in [3.05, 3.63) is 0 Å². The van der Waals surface area contributed by atoms with Crippen LogP contribution in [0.4, 0.5) is 0 Å². The lowest BCUT2D eigenvalue weighted by Crippen LogP contribution is -2.54. The average Bonchev–Trinajstić information content (AvgIpc) is 2.10. The fourth-order valence-corrected chi connectivity index (χ4v) is 1.59. The average molecular weight is 211 g/mol. The molecule has 1 heterocycles. The van der Waals surface area contributed by atoms with Crippen LogP contribution in [-0.4, -0.2) is 31.6 Å². The molecular formula is C10H18BNO3. The summed E-state index contributed by atoms with van der Waals surface area (Å²) in [6.45, 7) is 5.28. The Hall–Kier alpha value is -0.545. The molecule has 2 unspecified atom stereocenters. The van der Waals surface area contributed by atoms with Gasteiger partial charge in [-0.3, -0.25) is 4.79 Å². The summed E-state index contributed by atoms with van der Waals surface area (Å²) in [5.74, 6) is -0.244. The predicted molar refractivity (Wildman–Crippen MR) is 57.2 cm³/mol. The summed E-state index contributed by atoms with van der Waals surface area (Å²) < 4.78 is 10.6. The van der Waals surface area contributed by atoms with E-state index in [4.69, 9.17) is 23.1 Å². The highest BCUT2D eigenvalue weighted by atomic mass is 16.7. The van der Waals surface area contributed by atoms with Crippen molar-refractivity contribution in [2.75, 3.05) is 0 Å². The number of hydrogen-bond donors (Lipinski definition) is 1. The number of esters is 1. The van der Waals surface area contributed by atoms with Gasteiger partial charge < -0.3 is 15.2 Å². The Morgan fingerprint density at radius 1 is 1.67 bits per heavy atom. The summed E-state index contributed by atoms with van der Waals surface area (Å²) in [5.41, 5.74) is 5.05. The molecule has 4 nitrogen and oxygen atoms in total. The van der Waals surface area contributed by atoms with Gasteiger partial charge in [0.05, 0.1) is 6.04 Å². The van der Waals surface area contributed by atoms with E-state index in [-0.39, 0.29) is 12.0 Å². The summed E-state index contributed by atoms with van der Waals surface area (Å²) in [4.78, 5) is 10.8. The summed E-state index contributed by atoms with van der Waals surface area (Å²) in [7, 11) is 6.06. The molecule has 0 spiro atoms. The van der Waals surface area contributed by atoms with Crippen LogP contribution < -0.4 is 5.73 Å². The van der Waals surface area contributed by atoms with Crippen molar-refractivity contribution in [1.29, 1.82) is 0 Å². The first kappa shape index (κ1) is 12.5. The molecule has 5 heteroatoms. The quantitative estimate of drug-likeness (QED) is 0.534. The van der Waals surface area contributed by atoms with E-state index in [0.29, 0.717) is 12.8 Å². The minimum Gasteiger partial charge on any atom is -0.434 e. The van der Waals surface area contributed by atoms with Crippen molar-refractivity contribution in [2.45, 2.75) is 51.4 Å². The van der Waals surface area contributed by atoms with Gasteiger partial charge in [0.15, 0.2) is 0 Å². The Morgan fingerprint density at radius 3 is 2.73 bits per heavy atom. The summed E-state index contributed by atoms with van der Waals surface area (Å²) in [5, 5.41) is 0. The molecule has 0 aromatic heterocycles. The molecule has 15 heavy (non-hydrogen) atoms. The van der Waals surface area contributed by atoms with Crippen molar-refractivity contribution in [2.24, 2.45) is 11.7 Å². The van der Waals surface area contributed by atoms with Crippen LogP contribution in [0.15, 0.2) is 0 Å². The van der Waals surface area contributed by atoms with E-state index in [0.717, 1.165) is 0 Å². The molecule has 1 aliphatic rings. The standard InChI is InChI=1S/C10H18BNO3/c1-6(2)10(11)5-4-8(12)9(15-10)14-7(3)13/h6,8-9H,4-5,12H2,1-3H3/t8?,9?,10-/m0/s1. The SMILES string of the molecule is [B][C@@]1(C(C)C)CCC(N)C(OC(C)=O)O1. The smallest absolute Gasteiger partial charge is 0.304 e. The van der Waals surface area contributed by atoms with Gasteiger partial charge in [-0.2, -0.15) is 0 Å². The second-order valence-corrected chi connectivity index (χ2v) is 4.41. The van der Waals surface area contributed by atoms with Gasteiger partial charge in [-0.1, -0.05) is 13.8 Å². The molecule has 1 aliphatic heterocycles. The van der Waals surface area contributed by atoms with E-state index < -0.39 is 17.8 Å². The Balaban J connectivity index is 2.67. The summed E-state index contributed by atoms with van der Waals surface area (Å²) in [6.07, 6.45) is 0.666. The fourth-order valence-electron chi connectivity index (χ4n) is 1.59. The Kier molecular flexibility index (Phi) is 3.79. The number of carbonyl (C=O) groups excluding carboxylic acids is 1. The van der Waals surface area contributed by atoms with Crippen LogP contribution >= 0.6 is 0 Å². The maximum Gasteiger partial charge on any atom is 0.304 e. The van der Waals surface area contributed by atoms with E-state index in [9.17, 15) is 4.79 Å². The molecule has 1 saturated heterocycles. The number of hydrogen-bond acceptors (Lipinski definition) is 4. The van der Waals surface area contributed by atoms with Crippen LogP contribution in [0.1, 0.15) is 33.6 Å². The highest BCUT2D eigenvalue weighted by Crippen LogP contribution is 2.32. The summed E-state index contributed by atoms with van der Waals surface area (Å²) in [6, 6.07) is -0.288. The molecule has 0 aromatic carbocycles. The number of carbonyl (C=O) groups is 1. The lowest BCUT2D eigenvalue weighted by Gasteiger charge is -2.44. The van der Waals surface area contributed by atoms with E-state index in [1.54, 1.807) is 0 Å². The van der Waals surface area contributed by atoms with Crippen LogP contribution in [0.3, 0.4) is 0 Å². The number of ether oxygens (including phenoxy) is 2. The van der Waals surface area contributed by atoms with Gasteiger partial charge in [0.2, 0.25) is 6.29 Å². The van der Waals surface area contributed by atoms with E-state index in [2.05, 4.69) is 0 Å². The van der Waals surface area contributed by atoms with E-state index in [1.807, 2.05) is 13.8 Å². The zero-order chi connectivity index (χ0) is 11.6. The molecule has 0 bridgehead atoms. The normalized spacial score (nSPS) is 36.6. The third-order valence-corrected chi connectivity index (χ3v) is 2.81. The third-order valence-electron chi connectivity index (χ3n) is 2.81. The highest BCUT2D eigenvalue weighted by Gasteiger charge is 2.40. The maximum atomic E-state index is 10.8. The highest BCUT2D eigenvalue weighted by molar-refractivity contribution is 6.14. The zero-order valence-electron chi connectivity index (χ0n) is 9.53. The molecule has 3 atom stereocenters. The first-order valence-electron chi connectivity index (χ1n) is 5.24. The Morgan fingerprint density at radius 2 is 2.27 bits per heavy atom. The van der Waals surface area contributed by atoms with E-state index >= 15 is 0 Å². The first-order valence-corrected chi connectivity index (χ1v) is 5.24. The minimum absolute atomic E-state index is 0.156. The molecule has 1 rings (SSSR count). The Labute approximate surface area is 91.9 Å². The fraction of sp³-hybridized carbons (Fsp3) is 0.900. The second-order valence-electron chi connectivity index (χ2n) is 4.41. The largest absolute Gasteiger partial charge is 0.434 e. The van der Waals surface area contributed by atoms with Crippen molar-refractivity contribution in [3.8, 4) is 0 Å². The molecule has 0 aromatic rings. The van der Waals surface area contributed by atoms with Gasteiger partial charge in [-0.25, -0.2) is 0 Å². The van der Waals surface area contributed by atoms with Crippen LogP contribution in [0.25, 0.3) is 0 Å². The second kappa shape index (κ2) is 4.53. The van der Waals surface area contributed by atoms with Crippen LogP contribution in [0.5, 0.6) is 0 Å². The predicted octanol–water partition coefficient (Wildman–Crippen LogP) is 0.534. The third kappa shape index (κ3) is 2.95. The monoisotopic (exact) mass is 211 g/mol. The van der Waals surface area contributed by atoms with E-state index in [1.165, 1.54) is 6.92 Å². The number of rotatable bonds is 2. The Bertz CT molecular complexity index is 247. The minimum atomic E-state index is -0.740. The lowest BCUT2D eigenvalue weighted by molar-refractivity contribution is -0.224. The van der Waals surface area contributed by atoms with Gasteiger partial charge in [-0.05, 0) is 18.8 Å². The summed E-state index contributed by atoms with van der Waals surface area (Å²) >= 11 is 0. The van der Waals surface area contributed by atoms with Gasteiger partial charge in [0, 0.05) is 12.4 Å². The molecular weight excluding hydrogens is 193 g/mol.